The standard InChI is InChI=1S/C35H44N2O9/c1-40-21-8-9-22-23-11-12-37-18-20-15-29(46-30(38)10-7-19-13-27(41-2)33(43-4)28(14-19)42-3)34(44-5)31(35(39)45-6)24(20)17-26(37)32(23)36-25(22)16-21/h8-9,13-14,16,20,24,26,29,31,34,36H,7,10-12,15,17-18H2,1-6H3/t20-,24-,26-,29?,31?,34-/m0/s1. The SMILES string of the molecule is COC(=O)C1[C@@H](OC)C(OC(=O)CCc2cc(OC)c(OC)c(OC)c2)C[C@H]2CN3CCc4c([nH]c5cc(OC)ccc45)[C@@H]3C[C@H]12. The maximum absolute atomic E-state index is 13.4. The van der Waals surface area contributed by atoms with Crippen LogP contribution in [0.1, 0.15) is 42.1 Å². The molecule has 6 rings (SSSR count). The van der Waals surface area contributed by atoms with Crippen molar-refractivity contribution in [2.24, 2.45) is 17.8 Å². The molecular formula is C35H44N2O9. The van der Waals surface area contributed by atoms with Crippen LogP contribution in [0.3, 0.4) is 0 Å². The van der Waals surface area contributed by atoms with Crippen molar-refractivity contribution in [1.29, 1.82) is 0 Å². The van der Waals surface area contributed by atoms with Gasteiger partial charge in [-0.05, 0) is 72.9 Å². The van der Waals surface area contributed by atoms with E-state index < -0.39 is 18.1 Å². The second-order valence-electron chi connectivity index (χ2n) is 12.4. The third-order valence-electron chi connectivity index (χ3n) is 10.2. The minimum Gasteiger partial charge on any atom is -0.497 e. The van der Waals surface area contributed by atoms with Crippen LogP contribution >= 0.6 is 0 Å². The number of nitrogens with one attached hydrogen (secondary N) is 1. The lowest BCUT2D eigenvalue weighted by molar-refractivity contribution is -0.189. The highest BCUT2D eigenvalue weighted by Crippen LogP contribution is 2.50. The highest BCUT2D eigenvalue weighted by Gasteiger charge is 2.54. The molecule has 2 fully saturated rings. The van der Waals surface area contributed by atoms with E-state index in [1.807, 2.05) is 24.3 Å². The first kappa shape index (κ1) is 32.0. The van der Waals surface area contributed by atoms with Gasteiger partial charge in [-0.25, -0.2) is 0 Å². The molecule has 1 saturated heterocycles. The third-order valence-corrected chi connectivity index (χ3v) is 10.2. The maximum atomic E-state index is 13.4. The van der Waals surface area contributed by atoms with Crippen LogP contribution in [0.25, 0.3) is 10.9 Å². The number of esters is 2. The average Bonchev–Trinajstić information content (AvgIpc) is 3.46. The van der Waals surface area contributed by atoms with E-state index in [1.165, 1.54) is 23.8 Å². The fraction of sp³-hybridized carbons (Fsp3) is 0.543. The Labute approximate surface area is 269 Å². The largest absolute Gasteiger partial charge is 0.497 e. The van der Waals surface area contributed by atoms with E-state index >= 15 is 0 Å². The Morgan fingerprint density at radius 1 is 0.935 bits per heavy atom. The zero-order chi connectivity index (χ0) is 32.5. The quantitative estimate of drug-likeness (QED) is 0.319. The number of piperidine rings is 1. The van der Waals surface area contributed by atoms with Gasteiger partial charge >= 0.3 is 11.9 Å². The number of carbonyl (C=O) groups excluding carboxylic acids is 2. The van der Waals surface area contributed by atoms with Gasteiger partial charge in [0.05, 0.1) is 47.5 Å². The van der Waals surface area contributed by atoms with E-state index in [-0.39, 0.29) is 36.2 Å². The summed E-state index contributed by atoms with van der Waals surface area (Å²) in [6.07, 6.45) is 1.72. The number of hydrogen-bond acceptors (Lipinski definition) is 10. The van der Waals surface area contributed by atoms with Crippen molar-refractivity contribution in [3.63, 3.8) is 0 Å². The highest BCUT2D eigenvalue weighted by atomic mass is 16.6. The summed E-state index contributed by atoms with van der Waals surface area (Å²) in [6.45, 7) is 1.73. The first-order chi connectivity index (χ1) is 22.3. The summed E-state index contributed by atoms with van der Waals surface area (Å²) in [5, 5.41) is 1.22. The molecule has 11 heteroatoms. The number of aromatic nitrogens is 1. The molecule has 2 aromatic carbocycles. The van der Waals surface area contributed by atoms with E-state index in [0.29, 0.717) is 30.1 Å². The van der Waals surface area contributed by atoms with Crippen LogP contribution in [-0.4, -0.2) is 89.8 Å². The molecule has 2 unspecified atom stereocenters. The van der Waals surface area contributed by atoms with Gasteiger partial charge < -0.3 is 38.1 Å². The summed E-state index contributed by atoms with van der Waals surface area (Å²) in [5.41, 5.74) is 4.47. The summed E-state index contributed by atoms with van der Waals surface area (Å²) >= 11 is 0. The summed E-state index contributed by atoms with van der Waals surface area (Å²) in [5.74, 6) is 1.28. The van der Waals surface area contributed by atoms with Gasteiger partial charge in [0.2, 0.25) is 5.75 Å². The van der Waals surface area contributed by atoms with E-state index in [2.05, 4.69) is 16.0 Å². The zero-order valence-corrected chi connectivity index (χ0v) is 27.4. The molecule has 3 heterocycles. The average molecular weight is 637 g/mol. The highest BCUT2D eigenvalue weighted by molar-refractivity contribution is 5.86. The Morgan fingerprint density at radius 3 is 2.35 bits per heavy atom. The van der Waals surface area contributed by atoms with Crippen LogP contribution in [0, 0.1) is 17.8 Å². The molecule has 2 aliphatic heterocycles. The van der Waals surface area contributed by atoms with Crippen LogP contribution < -0.4 is 18.9 Å². The topological polar surface area (TPSA) is 118 Å². The number of methoxy groups -OCH3 is 6. The minimum atomic E-state index is -0.611. The summed E-state index contributed by atoms with van der Waals surface area (Å²) in [4.78, 5) is 32.9. The van der Waals surface area contributed by atoms with Crippen molar-refractivity contribution < 1.29 is 42.7 Å². The van der Waals surface area contributed by atoms with Gasteiger partial charge in [0, 0.05) is 49.3 Å². The molecule has 1 aromatic heterocycles. The second-order valence-corrected chi connectivity index (χ2v) is 12.4. The number of aromatic amines is 1. The molecule has 11 nitrogen and oxygen atoms in total. The van der Waals surface area contributed by atoms with E-state index in [0.717, 1.165) is 42.8 Å². The zero-order valence-electron chi connectivity index (χ0n) is 27.4. The number of rotatable bonds is 10. The number of carbonyl (C=O) groups is 2. The maximum Gasteiger partial charge on any atom is 0.311 e. The smallest absolute Gasteiger partial charge is 0.311 e. The van der Waals surface area contributed by atoms with Crippen molar-refractivity contribution in [2.75, 3.05) is 55.7 Å². The van der Waals surface area contributed by atoms with Gasteiger partial charge in [0.15, 0.2) is 11.5 Å². The number of H-pyrrole nitrogens is 1. The van der Waals surface area contributed by atoms with E-state index in [9.17, 15) is 9.59 Å². The van der Waals surface area contributed by atoms with Gasteiger partial charge in [0.25, 0.3) is 0 Å². The first-order valence-corrected chi connectivity index (χ1v) is 15.8. The fourth-order valence-electron chi connectivity index (χ4n) is 8.11. The van der Waals surface area contributed by atoms with Crippen LogP contribution in [0.5, 0.6) is 23.0 Å². The normalized spacial score (nSPS) is 25.5. The minimum absolute atomic E-state index is 0.0136. The van der Waals surface area contributed by atoms with Crippen LogP contribution in [0.15, 0.2) is 30.3 Å². The van der Waals surface area contributed by atoms with Crippen molar-refractivity contribution in [3.05, 3.63) is 47.2 Å². The molecule has 3 aliphatic rings. The predicted molar refractivity (Wildman–Crippen MR) is 170 cm³/mol. The Morgan fingerprint density at radius 2 is 1.70 bits per heavy atom. The van der Waals surface area contributed by atoms with Crippen molar-refractivity contribution >= 4 is 22.8 Å². The Hall–Kier alpha value is -3.96. The van der Waals surface area contributed by atoms with Crippen LogP contribution in [0.4, 0.5) is 0 Å². The molecule has 1 saturated carbocycles. The van der Waals surface area contributed by atoms with E-state index in [1.54, 1.807) is 35.5 Å². The third kappa shape index (κ3) is 5.75. The van der Waals surface area contributed by atoms with Gasteiger partial charge in [-0.1, -0.05) is 0 Å². The molecule has 0 spiro atoms. The summed E-state index contributed by atoms with van der Waals surface area (Å²) in [6, 6.07) is 9.98. The molecular weight excluding hydrogens is 592 g/mol. The molecule has 46 heavy (non-hydrogen) atoms. The van der Waals surface area contributed by atoms with Crippen molar-refractivity contribution in [3.8, 4) is 23.0 Å². The molecule has 0 bridgehead atoms. The monoisotopic (exact) mass is 636 g/mol. The predicted octanol–water partition coefficient (Wildman–Crippen LogP) is 4.49. The second kappa shape index (κ2) is 13.4. The van der Waals surface area contributed by atoms with Gasteiger partial charge in [-0.3, -0.25) is 14.5 Å². The van der Waals surface area contributed by atoms with Crippen molar-refractivity contribution in [1.82, 2.24) is 9.88 Å². The Bertz CT molecular complexity index is 1560. The molecule has 6 atom stereocenters. The lowest BCUT2D eigenvalue weighted by atomic mass is 9.63. The summed E-state index contributed by atoms with van der Waals surface area (Å²) < 4.78 is 39.2. The number of nitrogens with zero attached hydrogens (tertiary/aromatic N) is 1. The molecule has 1 N–H and O–H groups in total. The molecule has 3 aromatic rings. The Kier molecular flexibility index (Phi) is 9.33. The van der Waals surface area contributed by atoms with Gasteiger partial charge in [-0.15, -0.1) is 0 Å². The number of ether oxygens (including phenoxy) is 7. The number of aryl methyl sites for hydroxylation is 1. The fourth-order valence-corrected chi connectivity index (χ4v) is 8.11. The first-order valence-electron chi connectivity index (χ1n) is 15.8. The number of hydrogen-bond donors (Lipinski definition) is 1. The number of benzene rings is 2. The molecule has 248 valence electrons. The van der Waals surface area contributed by atoms with Crippen LogP contribution in [-0.2, 0) is 36.6 Å². The lowest BCUT2D eigenvalue weighted by Crippen LogP contribution is -2.58. The summed E-state index contributed by atoms with van der Waals surface area (Å²) in [7, 11) is 9.33. The molecule has 1 aliphatic carbocycles. The van der Waals surface area contributed by atoms with E-state index in [4.69, 9.17) is 33.2 Å². The Balaban J connectivity index is 1.20. The van der Waals surface area contributed by atoms with Gasteiger partial charge in [0.1, 0.15) is 18.0 Å². The molecule has 0 radical (unpaired) electrons. The van der Waals surface area contributed by atoms with Gasteiger partial charge in [-0.2, -0.15) is 0 Å². The van der Waals surface area contributed by atoms with Crippen LogP contribution in [0.2, 0.25) is 0 Å². The lowest BCUT2D eigenvalue weighted by Gasteiger charge is -2.52. The number of fused-ring (bicyclic) bond motifs is 6. The van der Waals surface area contributed by atoms with Crippen molar-refractivity contribution in [2.45, 2.75) is 50.4 Å². The molecule has 0 amide bonds.